The molecule has 0 aromatic heterocycles. The molecule has 0 saturated carbocycles. The molecule has 3 N–H and O–H groups in total. The molecule has 0 spiro atoms. The average molecular weight is 1000 g/mol. The van der Waals surface area contributed by atoms with Gasteiger partial charge in [0.15, 0.2) is 0 Å². The van der Waals surface area contributed by atoms with Crippen LogP contribution in [0.25, 0.3) is 0 Å². The highest BCUT2D eigenvalue weighted by atomic mass is 16.3. The fourth-order valence-electron chi connectivity index (χ4n) is 9.30. The molecule has 0 rings (SSSR count). The molecule has 0 aromatic rings. The van der Waals surface area contributed by atoms with Gasteiger partial charge in [-0.25, -0.2) is 0 Å². The normalized spacial score (nSPS) is 13.4. The minimum absolute atomic E-state index is 0.0824. The number of hydrogen-bond donors (Lipinski definition) is 3. The lowest BCUT2D eigenvalue weighted by Gasteiger charge is -2.19. The fraction of sp³-hybridized carbons (Fsp3) is 0.750. The maximum atomic E-state index is 12.5. The summed E-state index contributed by atoms with van der Waals surface area (Å²) in [7, 11) is 0. The van der Waals surface area contributed by atoms with Crippen molar-refractivity contribution >= 4 is 5.91 Å². The first-order valence-electron chi connectivity index (χ1n) is 31.5. The summed E-state index contributed by atoms with van der Waals surface area (Å²) in [5.41, 5.74) is 0. The molecule has 0 aliphatic rings. The largest absolute Gasteiger partial charge is 0.394 e. The molecule has 1 amide bonds. The van der Waals surface area contributed by atoms with Crippen molar-refractivity contribution in [3.63, 3.8) is 0 Å². The molecule has 0 bridgehead atoms. The zero-order valence-corrected chi connectivity index (χ0v) is 47.9. The average Bonchev–Trinajstić information content (AvgIpc) is 3.39. The Hall–Kier alpha value is -2.69. The van der Waals surface area contributed by atoms with Crippen LogP contribution >= 0.6 is 0 Å². The van der Waals surface area contributed by atoms with Crippen LogP contribution < -0.4 is 5.32 Å². The van der Waals surface area contributed by atoms with E-state index >= 15 is 0 Å². The molecular formula is C68H121NO3. The maximum Gasteiger partial charge on any atom is 0.220 e. The second-order valence-corrected chi connectivity index (χ2v) is 21.1. The van der Waals surface area contributed by atoms with E-state index < -0.39 is 12.1 Å². The van der Waals surface area contributed by atoms with Crippen molar-refractivity contribution < 1.29 is 15.0 Å². The first-order chi connectivity index (χ1) is 35.7. The number of hydrogen-bond acceptors (Lipinski definition) is 3. The van der Waals surface area contributed by atoms with Gasteiger partial charge in [0, 0.05) is 6.42 Å². The monoisotopic (exact) mass is 1000 g/mol. The van der Waals surface area contributed by atoms with E-state index in [4.69, 9.17) is 0 Å². The fourth-order valence-corrected chi connectivity index (χ4v) is 9.30. The third kappa shape index (κ3) is 58.2. The highest BCUT2D eigenvalue weighted by Gasteiger charge is 2.18. The Morgan fingerprint density at radius 3 is 0.972 bits per heavy atom. The number of amides is 1. The van der Waals surface area contributed by atoms with Gasteiger partial charge in [0.2, 0.25) is 5.91 Å². The Morgan fingerprint density at radius 1 is 0.347 bits per heavy atom. The third-order valence-corrected chi connectivity index (χ3v) is 14.0. The second-order valence-electron chi connectivity index (χ2n) is 21.1. The second kappa shape index (κ2) is 62.6. The molecule has 0 aromatic carbocycles. The summed E-state index contributed by atoms with van der Waals surface area (Å²) < 4.78 is 0. The van der Waals surface area contributed by atoms with E-state index in [-0.39, 0.29) is 12.5 Å². The van der Waals surface area contributed by atoms with E-state index in [1.807, 2.05) is 6.08 Å². The molecule has 0 radical (unpaired) electrons. The van der Waals surface area contributed by atoms with E-state index in [1.54, 1.807) is 6.08 Å². The molecule has 0 aliphatic heterocycles. The van der Waals surface area contributed by atoms with Crippen molar-refractivity contribution in [1.82, 2.24) is 5.32 Å². The Balaban J connectivity index is 3.56. The Kier molecular flexibility index (Phi) is 60.3. The van der Waals surface area contributed by atoms with E-state index in [0.717, 1.165) is 70.6 Å². The molecular weight excluding hydrogens is 879 g/mol. The van der Waals surface area contributed by atoms with Gasteiger partial charge in [-0.15, -0.1) is 0 Å². The number of carbonyl (C=O) groups excluding carboxylic acids is 1. The van der Waals surface area contributed by atoms with E-state index in [2.05, 4.69) is 104 Å². The summed E-state index contributed by atoms with van der Waals surface area (Å²) in [6.07, 6.45) is 93.2. The van der Waals surface area contributed by atoms with E-state index in [9.17, 15) is 15.0 Å². The predicted molar refractivity (Wildman–Crippen MR) is 322 cm³/mol. The summed E-state index contributed by atoms with van der Waals surface area (Å²) in [6, 6.07) is -0.655. The van der Waals surface area contributed by atoms with Crippen LogP contribution in [0, 0.1) is 0 Å². The quantitative estimate of drug-likeness (QED) is 0.0420. The number of allylic oxidation sites excluding steroid dienone is 15. The minimum atomic E-state index is -0.879. The summed E-state index contributed by atoms with van der Waals surface area (Å²) in [4.78, 5) is 12.5. The van der Waals surface area contributed by atoms with Gasteiger partial charge >= 0.3 is 0 Å². The number of carbonyl (C=O) groups is 1. The standard InChI is InChI=1S/C68H121NO3/c1-3-5-7-9-11-13-15-17-19-21-23-25-27-29-31-32-33-34-35-36-38-39-41-43-45-47-49-51-53-55-57-59-61-63-67(71)66(65-70)69-68(72)64-62-60-58-56-54-52-50-48-46-44-42-40-37-30-28-26-24-22-20-18-16-14-12-10-8-6-4-2/h6,8,12,14,18,20,24,26,30,37,45,47,53,55,61,63,66-67,70-71H,3-5,7,9-11,13,15-17,19,21-23,25,27-29,31-36,38-44,46,48-52,54,56-60,62,64-65H2,1-2H3,(H,69,72)/b8-6-,14-12-,20-18-,26-24-,37-30-,47-45+,55-53+,63-61+. The van der Waals surface area contributed by atoms with Crippen LogP contribution in [0.3, 0.4) is 0 Å². The lowest BCUT2D eigenvalue weighted by molar-refractivity contribution is -0.123. The van der Waals surface area contributed by atoms with Gasteiger partial charge in [0.05, 0.1) is 18.8 Å². The van der Waals surface area contributed by atoms with Gasteiger partial charge in [-0.1, -0.05) is 310 Å². The summed E-state index contributed by atoms with van der Waals surface area (Å²) in [5.74, 6) is -0.0824. The Morgan fingerprint density at radius 2 is 0.625 bits per heavy atom. The summed E-state index contributed by atoms with van der Waals surface area (Å²) in [5, 5.41) is 23.2. The van der Waals surface area contributed by atoms with Crippen molar-refractivity contribution in [1.29, 1.82) is 0 Å². The van der Waals surface area contributed by atoms with Crippen molar-refractivity contribution in [3.8, 4) is 0 Å². The lowest BCUT2D eigenvalue weighted by atomic mass is 10.0. The van der Waals surface area contributed by atoms with Crippen LogP contribution in [-0.2, 0) is 4.79 Å². The minimum Gasteiger partial charge on any atom is -0.394 e. The molecule has 0 aliphatic carbocycles. The van der Waals surface area contributed by atoms with Crippen LogP contribution in [0.2, 0.25) is 0 Å². The third-order valence-electron chi connectivity index (χ3n) is 14.0. The van der Waals surface area contributed by atoms with Crippen molar-refractivity contribution in [2.45, 2.75) is 321 Å². The van der Waals surface area contributed by atoms with Crippen LogP contribution in [0.1, 0.15) is 309 Å². The number of aliphatic hydroxyl groups is 2. The van der Waals surface area contributed by atoms with Crippen molar-refractivity contribution in [3.05, 3.63) is 97.2 Å². The van der Waals surface area contributed by atoms with Gasteiger partial charge in [0.1, 0.15) is 0 Å². The Bertz CT molecular complexity index is 1320. The van der Waals surface area contributed by atoms with Gasteiger partial charge in [0.25, 0.3) is 0 Å². The lowest BCUT2D eigenvalue weighted by Crippen LogP contribution is -2.45. The van der Waals surface area contributed by atoms with Gasteiger partial charge in [-0.05, 0) is 89.9 Å². The molecule has 2 atom stereocenters. The number of unbranched alkanes of at least 4 members (excludes halogenated alkanes) is 36. The van der Waals surface area contributed by atoms with Crippen LogP contribution in [0.5, 0.6) is 0 Å². The van der Waals surface area contributed by atoms with Crippen molar-refractivity contribution in [2.24, 2.45) is 0 Å². The molecule has 416 valence electrons. The zero-order valence-electron chi connectivity index (χ0n) is 47.9. The molecule has 0 saturated heterocycles. The van der Waals surface area contributed by atoms with Gasteiger partial charge in [-0.2, -0.15) is 0 Å². The number of aliphatic hydroxyl groups excluding tert-OH is 2. The molecule has 4 heteroatoms. The van der Waals surface area contributed by atoms with Gasteiger partial charge in [-0.3, -0.25) is 4.79 Å². The maximum absolute atomic E-state index is 12.5. The van der Waals surface area contributed by atoms with Gasteiger partial charge < -0.3 is 15.5 Å². The van der Waals surface area contributed by atoms with Crippen LogP contribution in [0.4, 0.5) is 0 Å². The highest BCUT2D eigenvalue weighted by Crippen LogP contribution is 2.17. The highest BCUT2D eigenvalue weighted by molar-refractivity contribution is 5.76. The first kappa shape index (κ1) is 69.3. The Labute approximate surface area is 449 Å². The smallest absolute Gasteiger partial charge is 0.220 e. The molecule has 0 heterocycles. The summed E-state index contributed by atoms with van der Waals surface area (Å²) in [6.45, 7) is 4.20. The predicted octanol–water partition coefficient (Wildman–Crippen LogP) is 21.3. The van der Waals surface area contributed by atoms with Crippen molar-refractivity contribution in [2.75, 3.05) is 6.61 Å². The number of nitrogens with one attached hydrogen (secondary N) is 1. The van der Waals surface area contributed by atoms with Crippen LogP contribution in [0.15, 0.2) is 97.2 Å². The number of rotatable bonds is 57. The zero-order chi connectivity index (χ0) is 52.0. The SMILES string of the molecule is CC/C=C\C/C=C\C/C=C\C/C=C\C/C=C\CCCCCCCCCCCCCC(=O)NC(CO)C(O)/C=C/CC/C=C/CC/C=C/CCCCCCCCCCCCCCCCCCCCCCCCC. The molecule has 2 unspecified atom stereocenters. The van der Waals surface area contributed by atoms with Crippen LogP contribution in [-0.4, -0.2) is 34.9 Å². The topological polar surface area (TPSA) is 69.6 Å². The molecule has 4 nitrogen and oxygen atoms in total. The molecule has 0 fully saturated rings. The first-order valence-corrected chi connectivity index (χ1v) is 31.5. The summed E-state index contributed by atoms with van der Waals surface area (Å²) >= 11 is 0. The van der Waals surface area contributed by atoms with E-state index in [1.165, 1.54) is 218 Å². The van der Waals surface area contributed by atoms with E-state index in [0.29, 0.717) is 6.42 Å². The molecule has 72 heavy (non-hydrogen) atoms.